The fourth-order valence-electron chi connectivity index (χ4n) is 1.97. The van der Waals surface area contributed by atoms with E-state index in [2.05, 4.69) is 34.4 Å². The Labute approximate surface area is 187 Å². The van der Waals surface area contributed by atoms with Crippen molar-refractivity contribution in [3.05, 3.63) is 41.5 Å². The molecule has 1 atom stereocenters. The topological polar surface area (TPSA) is 137 Å². The van der Waals surface area contributed by atoms with Gasteiger partial charge in [-0.2, -0.15) is 5.26 Å². The summed E-state index contributed by atoms with van der Waals surface area (Å²) in [5.41, 5.74) is 4.30. The minimum absolute atomic E-state index is 0.00300. The van der Waals surface area contributed by atoms with Gasteiger partial charge in [0.2, 0.25) is 0 Å². The number of nitrogens with one attached hydrogen (secondary N) is 2. The molecule has 2 aromatic rings. The van der Waals surface area contributed by atoms with Crippen molar-refractivity contribution in [1.29, 1.82) is 5.26 Å². The molecule has 0 radical (unpaired) electrons. The number of carbonyl (C=O) groups is 1. The van der Waals surface area contributed by atoms with Gasteiger partial charge in [-0.15, -0.1) is 0 Å². The molecule has 10 heteroatoms. The number of halogens is 2. The highest BCUT2D eigenvalue weighted by Gasteiger charge is 2.27. The Kier molecular flexibility index (Phi) is 12.4. The Hall–Kier alpha value is -3.32. The lowest BCUT2D eigenvalue weighted by molar-refractivity contribution is -0.00177. The van der Waals surface area contributed by atoms with E-state index in [1.165, 1.54) is 32.5 Å². The third kappa shape index (κ3) is 9.22. The molecule has 0 aliphatic rings. The Morgan fingerprint density at radius 1 is 1.28 bits per heavy atom. The highest BCUT2D eigenvalue weighted by Crippen LogP contribution is 2.20. The summed E-state index contributed by atoms with van der Waals surface area (Å²) in [5.74, 6) is -1.46. The van der Waals surface area contributed by atoms with Gasteiger partial charge in [0.15, 0.2) is 11.6 Å². The number of alkyl halides is 1. The van der Waals surface area contributed by atoms with Crippen LogP contribution >= 0.6 is 0 Å². The first-order chi connectivity index (χ1) is 15.0. The molecule has 0 aliphatic carbocycles. The van der Waals surface area contributed by atoms with E-state index >= 15 is 0 Å². The highest BCUT2D eigenvalue weighted by atomic mass is 19.1. The lowest BCUT2D eigenvalue weighted by atomic mass is 10.0. The number of nitrogen functional groups attached to an aromatic ring is 1. The molecule has 32 heavy (non-hydrogen) atoms. The van der Waals surface area contributed by atoms with E-state index in [1.807, 2.05) is 13.8 Å². The number of aromatic nitrogens is 2. The summed E-state index contributed by atoms with van der Waals surface area (Å²) in [6.45, 7) is 10.4. The summed E-state index contributed by atoms with van der Waals surface area (Å²) in [6, 6.07) is 4.06. The number of hydrogen-bond donors (Lipinski definition) is 4. The molecule has 5 N–H and O–H groups in total. The average molecular weight is 451 g/mol. The van der Waals surface area contributed by atoms with Crippen LogP contribution in [0.2, 0.25) is 0 Å². The molecule has 0 saturated carbocycles. The Morgan fingerprint density at radius 2 is 1.88 bits per heavy atom. The molecule has 0 aliphatic heterocycles. The van der Waals surface area contributed by atoms with Gasteiger partial charge in [0.1, 0.15) is 18.1 Å². The van der Waals surface area contributed by atoms with Crippen molar-refractivity contribution < 1.29 is 18.7 Å². The van der Waals surface area contributed by atoms with Crippen LogP contribution < -0.4 is 16.4 Å². The fraction of sp³-hybridized carbons (Fsp3) is 0.455. The van der Waals surface area contributed by atoms with Crippen LogP contribution in [0.5, 0.6) is 0 Å². The molecule has 2 heterocycles. The smallest absolute Gasteiger partial charge is 0.255 e. The molecule has 0 fully saturated rings. The van der Waals surface area contributed by atoms with Gasteiger partial charge in [-0.05, 0) is 19.9 Å². The molecule has 176 valence electrons. The molecule has 1 amide bonds. The van der Waals surface area contributed by atoms with E-state index < -0.39 is 30.0 Å². The largest absolute Gasteiger partial charge is 0.398 e. The Balaban J connectivity index is 0.00000177. The summed E-state index contributed by atoms with van der Waals surface area (Å²) in [5, 5.41) is 23.1. The van der Waals surface area contributed by atoms with Gasteiger partial charge < -0.3 is 21.5 Å². The van der Waals surface area contributed by atoms with Crippen LogP contribution in [0, 0.1) is 17.1 Å². The maximum Gasteiger partial charge on any atom is 0.255 e. The van der Waals surface area contributed by atoms with Crippen LogP contribution in [-0.2, 0) is 0 Å². The normalized spacial score (nSPS) is 11.0. The van der Waals surface area contributed by atoms with Crippen molar-refractivity contribution in [2.24, 2.45) is 0 Å². The number of nitrogens with zero attached hydrogens (tertiary/aromatic N) is 3. The van der Waals surface area contributed by atoms with Crippen molar-refractivity contribution in [1.82, 2.24) is 15.3 Å². The molecule has 2 aromatic heterocycles. The SMILES string of the molecule is CC.CC(C)(O)[C@H](F)CNC(=O)c1cnc(Nc2ncc(C#N)cc2F)cc1N.CCC. The summed E-state index contributed by atoms with van der Waals surface area (Å²) < 4.78 is 27.5. The van der Waals surface area contributed by atoms with E-state index in [9.17, 15) is 18.7 Å². The van der Waals surface area contributed by atoms with Crippen molar-refractivity contribution in [3.63, 3.8) is 0 Å². The van der Waals surface area contributed by atoms with Crippen LogP contribution in [-0.4, -0.2) is 39.3 Å². The first-order valence-corrected chi connectivity index (χ1v) is 10.3. The lowest BCUT2D eigenvalue weighted by Crippen LogP contribution is -2.42. The zero-order valence-electron chi connectivity index (χ0n) is 19.3. The number of hydrogen-bond acceptors (Lipinski definition) is 7. The van der Waals surface area contributed by atoms with Gasteiger partial charge in [0.05, 0.1) is 23.3 Å². The van der Waals surface area contributed by atoms with Gasteiger partial charge in [-0.1, -0.05) is 34.1 Å². The summed E-state index contributed by atoms with van der Waals surface area (Å²) in [6.07, 6.45) is 1.92. The molecule has 0 aromatic carbocycles. The second-order valence-electron chi connectivity index (χ2n) is 6.99. The number of pyridine rings is 2. The third-order valence-corrected chi connectivity index (χ3v) is 3.61. The van der Waals surface area contributed by atoms with Gasteiger partial charge >= 0.3 is 0 Å². The maximum absolute atomic E-state index is 13.8. The molecule has 2 rings (SSSR count). The standard InChI is InChI=1S/C17H18F2N6O2.C3H8.C2H6/c1-17(2,27)13(19)8-24-16(26)10-7-22-14(4-12(10)21)25-15-11(18)3-9(5-20)6-23-15;1-3-2;1-2/h3-4,6-7,13,27H,8H2,1-2H3,(H,24,26)(H3,21,22,23,25);3H2,1-2H3;1-2H3/t13-;;/m1../s1. The average Bonchev–Trinajstić information content (AvgIpc) is 2.74. The number of nitrogens with two attached hydrogens (primary N) is 1. The quantitative estimate of drug-likeness (QED) is 0.520. The molecule has 0 spiro atoms. The first-order valence-electron chi connectivity index (χ1n) is 10.3. The van der Waals surface area contributed by atoms with E-state index in [1.54, 1.807) is 6.07 Å². The number of rotatable bonds is 6. The van der Waals surface area contributed by atoms with E-state index in [0.29, 0.717) is 0 Å². The monoisotopic (exact) mass is 450 g/mol. The molecule has 8 nitrogen and oxygen atoms in total. The van der Waals surface area contributed by atoms with Gasteiger partial charge in [-0.25, -0.2) is 18.7 Å². The third-order valence-electron chi connectivity index (χ3n) is 3.61. The summed E-state index contributed by atoms with van der Waals surface area (Å²) >= 11 is 0. The molecule has 0 saturated heterocycles. The minimum atomic E-state index is -1.66. The molecule has 0 bridgehead atoms. The predicted octanol–water partition coefficient (Wildman–Crippen LogP) is 4.09. The second-order valence-corrected chi connectivity index (χ2v) is 6.99. The van der Waals surface area contributed by atoms with Crippen LogP contribution in [0.25, 0.3) is 0 Å². The zero-order valence-corrected chi connectivity index (χ0v) is 19.3. The number of aliphatic hydroxyl groups is 1. The van der Waals surface area contributed by atoms with Crippen molar-refractivity contribution in [2.45, 2.75) is 59.7 Å². The summed E-state index contributed by atoms with van der Waals surface area (Å²) in [4.78, 5) is 19.8. The molecule has 0 unspecified atom stereocenters. The zero-order chi connectivity index (χ0) is 24.9. The lowest BCUT2D eigenvalue weighted by Gasteiger charge is -2.22. The Bertz CT molecular complexity index is 910. The van der Waals surface area contributed by atoms with Crippen molar-refractivity contribution in [3.8, 4) is 6.07 Å². The van der Waals surface area contributed by atoms with E-state index in [4.69, 9.17) is 11.0 Å². The maximum atomic E-state index is 13.8. The number of carbonyl (C=O) groups excluding carboxylic acids is 1. The second kappa shape index (κ2) is 13.9. The van der Waals surface area contributed by atoms with Gasteiger partial charge in [0.25, 0.3) is 5.91 Å². The van der Waals surface area contributed by atoms with Crippen molar-refractivity contribution in [2.75, 3.05) is 17.6 Å². The van der Waals surface area contributed by atoms with Gasteiger partial charge in [-0.3, -0.25) is 4.79 Å². The molecular weight excluding hydrogens is 418 g/mol. The number of anilines is 3. The first kappa shape index (κ1) is 28.7. The Morgan fingerprint density at radius 3 is 2.34 bits per heavy atom. The van der Waals surface area contributed by atoms with Crippen LogP contribution in [0.3, 0.4) is 0 Å². The number of amides is 1. The van der Waals surface area contributed by atoms with Crippen molar-refractivity contribution >= 4 is 23.2 Å². The minimum Gasteiger partial charge on any atom is -0.398 e. The molecular formula is C22H32F2N6O2. The van der Waals surface area contributed by atoms with Crippen LogP contribution in [0.15, 0.2) is 24.5 Å². The predicted molar refractivity (Wildman–Crippen MR) is 122 cm³/mol. The van der Waals surface area contributed by atoms with E-state index in [0.717, 1.165) is 12.3 Å². The highest BCUT2D eigenvalue weighted by molar-refractivity contribution is 5.99. The number of nitriles is 1. The van der Waals surface area contributed by atoms with E-state index in [-0.39, 0.29) is 28.5 Å². The summed E-state index contributed by atoms with van der Waals surface area (Å²) in [7, 11) is 0. The van der Waals surface area contributed by atoms with Crippen LogP contribution in [0.1, 0.15) is 63.9 Å². The van der Waals surface area contributed by atoms with Crippen LogP contribution in [0.4, 0.5) is 26.1 Å². The fourth-order valence-corrected chi connectivity index (χ4v) is 1.97. The van der Waals surface area contributed by atoms with Gasteiger partial charge in [0, 0.05) is 24.1 Å².